The van der Waals surface area contributed by atoms with Gasteiger partial charge < -0.3 is 0 Å². The average molecular weight is 293 g/mol. The van der Waals surface area contributed by atoms with Crippen molar-refractivity contribution in [2.75, 3.05) is 0 Å². The van der Waals surface area contributed by atoms with Crippen molar-refractivity contribution in [1.29, 1.82) is 0 Å². The van der Waals surface area contributed by atoms with Crippen molar-refractivity contribution < 1.29 is 26.3 Å². The minimum Gasteiger partial charge on any atom is -0.255 e. The zero-order chi connectivity index (χ0) is 15.0. The van der Waals surface area contributed by atoms with Gasteiger partial charge in [0.1, 0.15) is 5.69 Å². The summed E-state index contributed by atoms with van der Waals surface area (Å²) in [5, 5.41) is 3.00. The van der Waals surface area contributed by atoms with Gasteiger partial charge in [-0.15, -0.1) is 0 Å². The number of halogens is 6. The molecule has 1 aromatic carbocycles. The number of rotatable bonds is 2. The zero-order valence-corrected chi connectivity index (χ0v) is 9.76. The van der Waals surface area contributed by atoms with Crippen LogP contribution in [0, 0.1) is 6.07 Å². The smallest absolute Gasteiger partial charge is 0.255 e. The zero-order valence-electron chi connectivity index (χ0n) is 9.76. The summed E-state index contributed by atoms with van der Waals surface area (Å²) in [6, 6.07) is 8.49. The second-order valence-corrected chi connectivity index (χ2v) is 3.98. The van der Waals surface area contributed by atoms with E-state index in [2.05, 4.69) is 11.2 Å². The molecule has 0 saturated carbocycles. The Balaban J connectivity index is 2.43. The molecule has 2 rings (SSSR count). The maximum absolute atomic E-state index is 12.7. The molecule has 1 radical (unpaired) electrons. The van der Waals surface area contributed by atoms with E-state index in [1.807, 2.05) is 0 Å². The SMILES string of the molecule is FC(F)(F)c1cc(C(F)(F)F)n(Cc2cc[c]cc2)n1. The molecule has 107 valence electrons. The first-order valence-corrected chi connectivity index (χ1v) is 5.35. The summed E-state index contributed by atoms with van der Waals surface area (Å²) in [6.07, 6.45) is -9.83. The molecular weight excluding hydrogens is 286 g/mol. The van der Waals surface area contributed by atoms with Crippen LogP contribution in [0.2, 0.25) is 0 Å². The molecule has 2 nitrogen and oxygen atoms in total. The van der Waals surface area contributed by atoms with E-state index in [4.69, 9.17) is 0 Å². The van der Waals surface area contributed by atoms with Crippen molar-refractivity contribution in [2.24, 2.45) is 0 Å². The lowest BCUT2D eigenvalue weighted by molar-refractivity contribution is -0.144. The van der Waals surface area contributed by atoms with Crippen LogP contribution in [0.25, 0.3) is 0 Å². The number of benzene rings is 1. The molecule has 0 spiro atoms. The topological polar surface area (TPSA) is 17.8 Å². The van der Waals surface area contributed by atoms with Crippen molar-refractivity contribution in [3.8, 4) is 0 Å². The van der Waals surface area contributed by atoms with Gasteiger partial charge in [-0.25, -0.2) is 0 Å². The fraction of sp³-hybridized carbons (Fsp3) is 0.250. The molecular formula is C12H7F6N2. The van der Waals surface area contributed by atoms with Crippen LogP contribution in [0.5, 0.6) is 0 Å². The quantitative estimate of drug-likeness (QED) is 0.771. The van der Waals surface area contributed by atoms with Crippen LogP contribution < -0.4 is 0 Å². The van der Waals surface area contributed by atoms with E-state index in [1.165, 1.54) is 24.3 Å². The summed E-state index contributed by atoms with van der Waals surface area (Å²) >= 11 is 0. The highest BCUT2D eigenvalue weighted by molar-refractivity contribution is 5.20. The molecule has 0 bridgehead atoms. The van der Waals surface area contributed by atoms with Crippen LogP contribution >= 0.6 is 0 Å². The summed E-state index contributed by atoms with van der Waals surface area (Å²) in [7, 11) is 0. The Hall–Kier alpha value is -1.99. The Kier molecular flexibility index (Phi) is 3.49. The lowest BCUT2D eigenvalue weighted by Gasteiger charge is -2.09. The van der Waals surface area contributed by atoms with E-state index < -0.39 is 30.3 Å². The Morgan fingerprint density at radius 1 is 1.00 bits per heavy atom. The van der Waals surface area contributed by atoms with E-state index in [9.17, 15) is 26.3 Å². The summed E-state index contributed by atoms with van der Waals surface area (Å²) < 4.78 is 75.8. The summed E-state index contributed by atoms with van der Waals surface area (Å²) in [5.74, 6) is 0. The third kappa shape index (κ3) is 3.12. The predicted molar refractivity (Wildman–Crippen MR) is 56.6 cm³/mol. The normalized spacial score (nSPS) is 12.7. The van der Waals surface area contributed by atoms with Crippen molar-refractivity contribution in [2.45, 2.75) is 18.9 Å². The van der Waals surface area contributed by atoms with E-state index in [-0.39, 0.29) is 6.07 Å². The number of aromatic nitrogens is 2. The molecule has 0 unspecified atom stereocenters. The standard InChI is InChI=1S/C12H7F6N2/c13-11(14,15)9-6-10(12(16,17)18)20(19-9)7-8-4-2-1-3-5-8/h2-6H,7H2. The number of alkyl halides is 6. The summed E-state index contributed by atoms with van der Waals surface area (Å²) in [4.78, 5) is 0. The van der Waals surface area contributed by atoms with E-state index >= 15 is 0 Å². The molecule has 8 heteroatoms. The van der Waals surface area contributed by atoms with Crippen molar-refractivity contribution in [1.82, 2.24) is 9.78 Å². The lowest BCUT2D eigenvalue weighted by Crippen LogP contribution is -2.15. The molecule has 20 heavy (non-hydrogen) atoms. The molecule has 0 amide bonds. The van der Waals surface area contributed by atoms with Gasteiger partial charge in [-0.3, -0.25) is 4.68 Å². The highest BCUT2D eigenvalue weighted by Gasteiger charge is 2.41. The Labute approximate surface area is 109 Å². The van der Waals surface area contributed by atoms with Gasteiger partial charge in [-0.1, -0.05) is 24.3 Å². The minimum atomic E-state index is -4.92. The monoisotopic (exact) mass is 293 g/mol. The Morgan fingerprint density at radius 3 is 2.10 bits per heavy atom. The van der Waals surface area contributed by atoms with Crippen LogP contribution in [0.4, 0.5) is 26.3 Å². The molecule has 0 fully saturated rings. The van der Waals surface area contributed by atoms with E-state index in [0.29, 0.717) is 10.2 Å². The van der Waals surface area contributed by atoms with Crippen LogP contribution in [-0.2, 0) is 18.9 Å². The van der Waals surface area contributed by atoms with Gasteiger partial charge >= 0.3 is 12.4 Å². The van der Waals surface area contributed by atoms with Crippen molar-refractivity contribution in [3.05, 3.63) is 53.3 Å². The van der Waals surface area contributed by atoms with Gasteiger partial charge in [-0.2, -0.15) is 31.4 Å². The van der Waals surface area contributed by atoms with Crippen molar-refractivity contribution >= 4 is 0 Å². The van der Waals surface area contributed by atoms with Gasteiger partial charge in [0.25, 0.3) is 0 Å². The van der Waals surface area contributed by atoms with Crippen LogP contribution in [-0.4, -0.2) is 9.78 Å². The summed E-state index contributed by atoms with van der Waals surface area (Å²) in [5.41, 5.74) is -2.60. The lowest BCUT2D eigenvalue weighted by atomic mass is 10.2. The third-order valence-electron chi connectivity index (χ3n) is 2.48. The number of hydrogen-bond donors (Lipinski definition) is 0. The third-order valence-corrected chi connectivity index (χ3v) is 2.48. The van der Waals surface area contributed by atoms with E-state index in [1.54, 1.807) is 0 Å². The van der Waals surface area contributed by atoms with Gasteiger partial charge in [0, 0.05) is 6.07 Å². The molecule has 0 N–H and O–H groups in total. The molecule has 0 aliphatic rings. The van der Waals surface area contributed by atoms with Gasteiger partial charge in [-0.05, 0) is 11.6 Å². The first kappa shape index (κ1) is 14.4. The van der Waals surface area contributed by atoms with Gasteiger partial charge in [0.05, 0.1) is 6.54 Å². The molecule has 0 aliphatic carbocycles. The van der Waals surface area contributed by atoms with Gasteiger partial charge in [0.15, 0.2) is 5.69 Å². The van der Waals surface area contributed by atoms with E-state index in [0.717, 1.165) is 0 Å². The van der Waals surface area contributed by atoms with Crippen molar-refractivity contribution in [3.63, 3.8) is 0 Å². The molecule has 0 atom stereocenters. The second-order valence-electron chi connectivity index (χ2n) is 3.98. The molecule has 2 aromatic rings. The second kappa shape index (κ2) is 4.84. The fourth-order valence-corrected chi connectivity index (χ4v) is 1.60. The van der Waals surface area contributed by atoms with Gasteiger partial charge in [0.2, 0.25) is 0 Å². The maximum atomic E-state index is 12.7. The highest BCUT2D eigenvalue weighted by atomic mass is 19.4. The Bertz CT molecular complexity index is 582. The Morgan fingerprint density at radius 2 is 1.60 bits per heavy atom. The van der Waals surface area contributed by atoms with Crippen LogP contribution in [0.1, 0.15) is 17.0 Å². The fourth-order valence-electron chi connectivity index (χ4n) is 1.60. The average Bonchev–Trinajstić information content (AvgIpc) is 2.74. The minimum absolute atomic E-state index is 0.00899. The molecule has 0 saturated heterocycles. The molecule has 0 aliphatic heterocycles. The van der Waals surface area contributed by atoms with Crippen LogP contribution in [0.3, 0.4) is 0 Å². The number of hydrogen-bond acceptors (Lipinski definition) is 1. The van der Waals surface area contributed by atoms with Crippen LogP contribution in [0.15, 0.2) is 30.3 Å². The molecule has 1 aromatic heterocycles. The predicted octanol–water partition coefficient (Wildman–Crippen LogP) is 3.77. The first-order valence-electron chi connectivity index (χ1n) is 5.35. The highest BCUT2D eigenvalue weighted by Crippen LogP contribution is 2.35. The first-order chi connectivity index (χ1) is 9.18. The number of nitrogens with zero attached hydrogens (tertiary/aromatic N) is 2. The maximum Gasteiger partial charge on any atom is 0.435 e. The summed E-state index contributed by atoms with van der Waals surface area (Å²) in [6.45, 7) is -0.403. The largest absolute Gasteiger partial charge is 0.435 e. The molecule has 1 heterocycles.